The average Bonchev–Trinajstić information content (AvgIpc) is 2.62. The summed E-state index contributed by atoms with van der Waals surface area (Å²) < 4.78 is 71.1. The van der Waals surface area contributed by atoms with E-state index in [0.29, 0.717) is 0 Å². The van der Waals surface area contributed by atoms with Crippen molar-refractivity contribution in [1.82, 2.24) is 9.55 Å². The molecular formula is C15H15N3O3. The van der Waals surface area contributed by atoms with E-state index in [1.54, 1.807) is 0 Å². The van der Waals surface area contributed by atoms with Crippen LogP contribution in [-0.4, -0.2) is 21.1 Å². The summed E-state index contributed by atoms with van der Waals surface area (Å²) in [6.07, 6.45) is -6.57. The van der Waals surface area contributed by atoms with Gasteiger partial charge in [-0.1, -0.05) is 6.04 Å². The molecule has 2 aromatic rings. The van der Waals surface area contributed by atoms with Gasteiger partial charge in [-0.25, -0.2) is 4.98 Å². The van der Waals surface area contributed by atoms with E-state index in [1.807, 2.05) is 0 Å². The molecule has 108 valence electrons. The molecule has 3 rings (SSSR count). The Morgan fingerprint density at radius 1 is 1.57 bits per heavy atom. The monoisotopic (exact) mass is 294 g/mol. The van der Waals surface area contributed by atoms with Crippen LogP contribution in [0.3, 0.4) is 0 Å². The number of benzene rings is 1. The van der Waals surface area contributed by atoms with Crippen molar-refractivity contribution in [2.24, 2.45) is 0 Å². The lowest BCUT2D eigenvalue weighted by atomic mass is 9.92. The first kappa shape index (κ1) is 6.51. The zero-order valence-electron chi connectivity index (χ0n) is 19.6. The first-order chi connectivity index (χ1) is 13.6. The van der Waals surface area contributed by atoms with Crippen molar-refractivity contribution in [2.75, 3.05) is 5.73 Å². The second-order valence-corrected chi connectivity index (χ2v) is 4.37. The smallest absolute Gasteiger partial charge is 0.264 e. The molecule has 1 aliphatic carbocycles. The van der Waals surface area contributed by atoms with Crippen LogP contribution in [0.4, 0.5) is 5.69 Å². The highest BCUT2D eigenvalue weighted by Gasteiger charge is 2.30. The number of hydrogen-bond acceptors (Lipinski definition) is 5. The van der Waals surface area contributed by atoms with Crippen LogP contribution in [0.1, 0.15) is 43.4 Å². The molecule has 2 N–H and O–H groups in total. The van der Waals surface area contributed by atoms with Crippen molar-refractivity contribution in [3.05, 3.63) is 34.3 Å². The van der Waals surface area contributed by atoms with Crippen molar-refractivity contribution in [3.63, 3.8) is 0 Å². The normalized spacial score (nSPS) is 35.4. The molecule has 21 heavy (non-hydrogen) atoms. The summed E-state index contributed by atoms with van der Waals surface area (Å²) in [7, 11) is 0. The van der Waals surface area contributed by atoms with Crippen molar-refractivity contribution >= 4 is 28.2 Å². The van der Waals surface area contributed by atoms with E-state index < -0.39 is 78.2 Å². The van der Waals surface area contributed by atoms with Gasteiger partial charge >= 0.3 is 0 Å². The van der Waals surface area contributed by atoms with E-state index in [0.717, 1.165) is 6.07 Å². The van der Waals surface area contributed by atoms with Gasteiger partial charge in [0.05, 0.1) is 27.5 Å². The third-order valence-electron chi connectivity index (χ3n) is 2.99. The van der Waals surface area contributed by atoms with E-state index in [1.165, 1.54) is 0 Å². The molecule has 0 bridgehead atoms. The van der Waals surface area contributed by atoms with Crippen LogP contribution >= 0.6 is 0 Å². The second kappa shape index (κ2) is 4.80. The summed E-state index contributed by atoms with van der Waals surface area (Å²) in [5.41, 5.74) is 3.40. The third-order valence-corrected chi connectivity index (χ3v) is 2.99. The molecule has 0 spiro atoms. The average molecular weight is 294 g/mol. The molecule has 1 aromatic heterocycles. The van der Waals surface area contributed by atoms with E-state index in [-0.39, 0.29) is 10.1 Å². The molecule has 1 aliphatic rings. The largest absolute Gasteiger partial charge is 0.398 e. The van der Waals surface area contributed by atoms with Crippen molar-refractivity contribution in [1.29, 1.82) is 0 Å². The number of carbonyl (C=O) groups excluding carboxylic acids is 2. The van der Waals surface area contributed by atoms with Gasteiger partial charge in [0.2, 0.25) is 0 Å². The van der Waals surface area contributed by atoms with Crippen LogP contribution in [-0.2, 0) is 9.59 Å². The zero-order valence-corrected chi connectivity index (χ0v) is 10.6. The predicted octanol–water partition coefficient (Wildman–Crippen LogP) is 1.15. The van der Waals surface area contributed by atoms with Gasteiger partial charge in [-0.15, -0.1) is 0 Å². The van der Waals surface area contributed by atoms with Crippen LogP contribution in [0.15, 0.2) is 22.9 Å². The van der Waals surface area contributed by atoms with E-state index in [4.69, 9.17) is 18.1 Å². The van der Waals surface area contributed by atoms with Gasteiger partial charge in [-0.2, -0.15) is 0 Å². The van der Waals surface area contributed by atoms with Gasteiger partial charge in [0.25, 0.3) is 5.56 Å². The molecule has 1 fully saturated rings. The highest BCUT2D eigenvalue weighted by Crippen LogP contribution is 2.24. The molecule has 0 aliphatic heterocycles. The van der Waals surface area contributed by atoms with E-state index >= 15 is 0 Å². The van der Waals surface area contributed by atoms with Gasteiger partial charge in [0.15, 0.2) is 5.78 Å². The van der Waals surface area contributed by atoms with Gasteiger partial charge in [0, 0.05) is 20.3 Å². The van der Waals surface area contributed by atoms with Crippen molar-refractivity contribution in [2.45, 2.75) is 32.1 Å². The van der Waals surface area contributed by atoms with Crippen LogP contribution in [0.2, 0.25) is 0 Å². The first-order valence-electron chi connectivity index (χ1n) is 10.5. The summed E-state index contributed by atoms with van der Waals surface area (Å²) in [6.45, 7) is -3.21. The summed E-state index contributed by atoms with van der Waals surface area (Å²) in [4.78, 5) is 41.5. The van der Waals surface area contributed by atoms with Crippen LogP contribution in [0.25, 0.3) is 10.9 Å². The molecule has 2 unspecified atom stereocenters. The van der Waals surface area contributed by atoms with Crippen LogP contribution in [0, 0.1) is 6.85 Å². The molecule has 6 heteroatoms. The molecule has 2 atom stereocenters. The highest BCUT2D eigenvalue weighted by molar-refractivity contribution is 6.03. The number of aryl methyl sites for hydroxylation is 1. The summed E-state index contributed by atoms with van der Waals surface area (Å²) >= 11 is 0. The second-order valence-electron chi connectivity index (χ2n) is 4.37. The van der Waals surface area contributed by atoms with E-state index in [9.17, 15) is 14.4 Å². The maximum absolute atomic E-state index is 13.3. The number of ketones is 2. The summed E-state index contributed by atoms with van der Waals surface area (Å²) in [5, 5.41) is -0.572. The number of fused-ring (bicyclic) bond motifs is 1. The Hall–Kier alpha value is -2.50. The molecule has 0 radical (unpaired) electrons. The van der Waals surface area contributed by atoms with E-state index in [2.05, 4.69) is 4.98 Å². The maximum Gasteiger partial charge on any atom is 0.264 e. The fraction of sp³-hybridized carbons (Fsp3) is 0.333. The van der Waals surface area contributed by atoms with Crippen LogP contribution in [0.5, 0.6) is 0 Å². The minimum atomic E-state index is -3.30. The third kappa shape index (κ3) is 2.12. The Morgan fingerprint density at radius 3 is 3.14 bits per heavy atom. The quantitative estimate of drug-likeness (QED) is 0.629. The Balaban J connectivity index is 2.57. The Morgan fingerprint density at radius 2 is 2.38 bits per heavy atom. The van der Waals surface area contributed by atoms with Gasteiger partial charge < -0.3 is 5.73 Å². The predicted molar refractivity (Wildman–Crippen MR) is 78.1 cm³/mol. The maximum atomic E-state index is 13.3. The number of rotatable bonds is 1. The SMILES string of the molecule is [2H]c1cc2nc(C([2H])([2H])[2H])n(C3([2H])C(=O)CC(=O)C([2H])C3([2H])[2H])c(=O)c2c(N)c1[2H]. The van der Waals surface area contributed by atoms with Crippen molar-refractivity contribution in [3.8, 4) is 0 Å². The van der Waals surface area contributed by atoms with Gasteiger partial charge in [0.1, 0.15) is 11.6 Å². The molecule has 1 aromatic carbocycles. The number of nitrogens with two attached hydrogens (primary N) is 1. The summed E-state index contributed by atoms with van der Waals surface area (Å²) in [5.74, 6) is -3.67. The topological polar surface area (TPSA) is 95.0 Å². The number of aromatic nitrogens is 2. The first-order valence-corrected chi connectivity index (χ1v) is 5.88. The Bertz CT molecular complexity index is 1170. The molecule has 6 nitrogen and oxygen atoms in total. The molecule has 0 saturated heterocycles. The number of anilines is 1. The van der Waals surface area contributed by atoms with Crippen molar-refractivity contribution < 1.29 is 21.9 Å². The number of nitrogen functional groups attached to an aromatic ring is 1. The number of Topliss-reactive ketones (excluding diaryl/α,β-unsaturated/α-hetero) is 2. The molecule has 1 heterocycles. The molecular weight excluding hydrogens is 270 g/mol. The standard InChI is InChI=1S/C15H15N3O3/c1-8-17-11-4-2-3-10(16)14(11)15(21)18(8)12-6-5-9(19)7-13(12)20/h2-4,12H,5-7,16H2,1H3/i1D3,2D,3D,5D,6D2,12D. The summed E-state index contributed by atoms with van der Waals surface area (Å²) in [6, 6.07) is -3.42. The lowest BCUT2D eigenvalue weighted by molar-refractivity contribution is -0.132. The minimum absolute atomic E-state index is 0.0120. The number of nitrogens with zero attached hydrogens (tertiary/aromatic N) is 2. The fourth-order valence-corrected chi connectivity index (χ4v) is 2.06. The fourth-order valence-electron chi connectivity index (χ4n) is 2.06. The van der Waals surface area contributed by atoms with Gasteiger partial charge in [-0.3, -0.25) is 19.0 Å². The molecule has 0 amide bonds. The zero-order chi connectivity index (χ0) is 23.0. The minimum Gasteiger partial charge on any atom is -0.398 e. The Labute approximate surface area is 133 Å². The number of carbonyl (C=O) groups is 2. The Kier molecular flexibility index (Phi) is 1.49. The number of hydrogen-bond donors (Lipinski definition) is 1. The van der Waals surface area contributed by atoms with Gasteiger partial charge in [-0.05, 0) is 25.3 Å². The molecule has 1 saturated carbocycles. The highest BCUT2D eigenvalue weighted by atomic mass is 16.2. The van der Waals surface area contributed by atoms with Crippen LogP contribution < -0.4 is 11.3 Å². The lowest BCUT2D eigenvalue weighted by Gasteiger charge is -2.24. The lowest BCUT2D eigenvalue weighted by Crippen LogP contribution is -2.36.